The third kappa shape index (κ3) is 3.52. The number of rotatable bonds is 5. The Morgan fingerprint density at radius 2 is 2.08 bits per heavy atom. The van der Waals surface area contributed by atoms with Crippen LogP contribution in [-0.2, 0) is 17.8 Å². The average molecular weight is 407 g/mol. The van der Waals surface area contributed by atoms with E-state index in [1.54, 1.807) is 0 Å². The molecule has 0 aromatic heterocycles. The highest BCUT2D eigenvalue weighted by atomic mass is 79.9. The molecule has 1 aliphatic rings. The van der Waals surface area contributed by atoms with Crippen LogP contribution in [0, 0.1) is 0 Å². The fourth-order valence-corrected chi connectivity index (χ4v) is 2.95. The van der Waals surface area contributed by atoms with Gasteiger partial charge in [0, 0.05) is 10.9 Å². The highest BCUT2D eigenvalue weighted by molar-refractivity contribution is 9.10. The largest absolute Gasteiger partial charge is 0.492 e. The molecule has 25 heavy (non-hydrogen) atoms. The molecular formula is C18H15BrO6. The maximum Gasteiger partial charge on any atom is 0.340 e. The van der Waals surface area contributed by atoms with Gasteiger partial charge < -0.3 is 19.3 Å². The second-order valence-electron chi connectivity index (χ2n) is 5.44. The zero-order valence-corrected chi connectivity index (χ0v) is 14.9. The van der Waals surface area contributed by atoms with Crippen molar-refractivity contribution in [3.05, 3.63) is 57.1 Å². The summed E-state index contributed by atoms with van der Waals surface area (Å²) in [6, 6.07) is 9.03. The maximum absolute atomic E-state index is 12.0. The van der Waals surface area contributed by atoms with Gasteiger partial charge in [-0.15, -0.1) is 0 Å². The molecule has 1 aliphatic heterocycles. The van der Waals surface area contributed by atoms with Crippen LogP contribution in [0.1, 0.15) is 31.8 Å². The van der Waals surface area contributed by atoms with Crippen molar-refractivity contribution in [1.82, 2.24) is 0 Å². The van der Waals surface area contributed by atoms with Crippen LogP contribution in [0.15, 0.2) is 34.8 Å². The summed E-state index contributed by atoms with van der Waals surface area (Å²) in [5, 5.41) is 9.62. The molecule has 1 atom stereocenters. The predicted molar refractivity (Wildman–Crippen MR) is 92.0 cm³/mol. The second-order valence-corrected chi connectivity index (χ2v) is 6.36. The number of carbonyl (C=O) groups is 2. The Kier molecular flexibility index (Phi) is 5.06. The lowest BCUT2D eigenvalue weighted by molar-refractivity contribution is -0.0688. The third-order valence-electron chi connectivity index (χ3n) is 3.87. The number of hydrogen-bond acceptors (Lipinski definition) is 6. The molecule has 2 aromatic rings. The van der Waals surface area contributed by atoms with Gasteiger partial charge in [0.15, 0.2) is 17.8 Å². The molecule has 0 aliphatic carbocycles. The first kappa shape index (κ1) is 17.4. The van der Waals surface area contributed by atoms with Gasteiger partial charge in [0.2, 0.25) is 6.29 Å². The molecule has 6 nitrogen and oxygen atoms in total. The summed E-state index contributed by atoms with van der Waals surface area (Å²) in [6.45, 7) is 0.235. The zero-order valence-electron chi connectivity index (χ0n) is 13.3. The molecule has 0 amide bonds. The summed E-state index contributed by atoms with van der Waals surface area (Å²) in [5.74, 6) is -0.208. The van der Waals surface area contributed by atoms with E-state index in [0.717, 1.165) is 10.0 Å². The van der Waals surface area contributed by atoms with E-state index in [2.05, 4.69) is 15.9 Å². The highest BCUT2D eigenvalue weighted by Crippen LogP contribution is 2.38. The fraction of sp³-hybridized carbons (Fsp3) is 0.222. The van der Waals surface area contributed by atoms with Gasteiger partial charge in [0.05, 0.1) is 18.2 Å². The van der Waals surface area contributed by atoms with E-state index in [1.165, 1.54) is 13.2 Å². The zero-order chi connectivity index (χ0) is 18.0. The van der Waals surface area contributed by atoms with Gasteiger partial charge in [0.1, 0.15) is 6.61 Å². The van der Waals surface area contributed by atoms with E-state index < -0.39 is 12.3 Å². The second kappa shape index (κ2) is 7.25. The quantitative estimate of drug-likeness (QED) is 0.607. The van der Waals surface area contributed by atoms with Crippen molar-refractivity contribution in [1.29, 1.82) is 0 Å². The Bertz CT molecular complexity index is 815. The lowest BCUT2D eigenvalue weighted by Gasteiger charge is -2.24. The first-order valence-corrected chi connectivity index (χ1v) is 8.28. The van der Waals surface area contributed by atoms with Gasteiger partial charge in [-0.3, -0.25) is 4.79 Å². The van der Waals surface area contributed by atoms with Crippen LogP contribution < -0.4 is 9.47 Å². The maximum atomic E-state index is 12.0. The van der Waals surface area contributed by atoms with Crippen molar-refractivity contribution < 1.29 is 28.9 Å². The number of fused-ring (bicyclic) bond motifs is 1. The molecule has 0 saturated heterocycles. The summed E-state index contributed by atoms with van der Waals surface area (Å²) < 4.78 is 16.8. The predicted octanol–water partition coefficient (Wildman–Crippen LogP) is 2.88. The lowest BCUT2D eigenvalue weighted by Crippen LogP contribution is -2.28. The summed E-state index contributed by atoms with van der Waals surface area (Å²) in [4.78, 5) is 23.6. The van der Waals surface area contributed by atoms with Crippen molar-refractivity contribution in [2.45, 2.75) is 19.3 Å². The van der Waals surface area contributed by atoms with Crippen molar-refractivity contribution >= 4 is 28.2 Å². The van der Waals surface area contributed by atoms with Crippen LogP contribution in [0.2, 0.25) is 0 Å². The summed E-state index contributed by atoms with van der Waals surface area (Å²) in [7, 11) is 1.42. The molecular weight excluding hydrogens is 392 g/mol. The Morgan fingerprint density at radius 1 is 1.36 bits per heavy atom. The molecule has 2 aromatic carbocycles. The Balaban J connectivity index is 1.98. The van der Waals surface area contributed by atoms with Gasteiger partial charge in [-0.05, 0) is 29.3 Å². The van der Waals surface area contributed by atoms with Crippen LogP contribution in [0.25, 0.3) is 0 Å². The molecule has 3 rings (SSSR count). The molecule has 0 spiro atoms. The average Bonchev–Trinajstić information content (AvgIpc) is 2.60. The minimum absolute atomic E-state index is 0.0263. The smallest absolute Gasteiger partial charge is 0.340 e. The number of ether oxygens (including phenoxy) is 3. The van der Waals surface area contributed by atoms with Gasteiger partial charge in [0.25, 0.3) is 0 Å². The molecule has 0 radical (unpaired) electrons. The van der Waals surface area contributed by atoms with Crippen LogP contribution in [0.4, 0.5) is 0 Å². The normalized spacial score (nSPS) is 16.0. The van der Waals surface area contributed by atoms with Crippen LogP contribution in [0.5, 0.6) is 11.5 Å². The van der Waals surface area contributed by atoms with E-state index in [9.17, 15) is 14.7 Å². The Hall–Kier alpha value is -2.38. The fourth-order valence-electron chi connectivity index (χ4n) is 2.69. The summed E-state index contributed by atoms with van der Waals surface area (Å²) in [6.07, 6.45) is -0.661. The Morgan fingerprint density at radius 3 is 2.72 bits per heavy atom. The van der Waals surface area contributed by atoms with Crippen LogP contribution in [0.3, 0.4) is 0 Å². The highest BCUT2D eigenvalue weighted by Gasteiger charge is 2.31. The number of aldehydes is 1. The van der Waals surface area contributed by atoms with Gasteiger partial charge in [-0.1, -0.05) is 28.1 Å². The minimum atomic E-state index is -1.28. The number of halogens is 1. The lowest BCUT2D eigenvalue weighted by atomic mass is 9.95. The summed E-state index contributed by atoms with van der Waals surface area (Å²) >= 11 is 3.36. The molecule has 0 bridgehead atoms. The molecule has 1 unspecified atom stereocenters. The van der Waals surface area contributed by atoms with E-state index >= 15 is 0 Å². The van der Waals surface area contributed by atoms with Crippen molar-refractivity contribution in [3.63, 3.8) is 0 Å². The van der Waals surface area contributed by atoms with E-state index in [1.807, 2.05) is 24.3 Å². The number of benzene rings is 2. The molecule has 0 fully saturated rings. The van der Waals surface area contributed by atoms with E-state index in [0.29, 0.717) is 11.8 Å². The Labute approximate surface area is 152 Å². The topological polar surface area (TPSA) is 82.1 Å². The van der Waals surface area contributed by atoms with Crippen molar-refractivity contribution in [2.24, 2.45) is 0 Å². The monoisotopic (exact) mass is 406 g/mol. The summed E-state index contributed by atoms with van der Waals surface area (Å²) in [5.41, 5.74) is 1.68. The standard InChI is InChI=1S/C18H15BrO6/c1-23-17-14(8-20)12-7-16(21)25-18(22)13(12)6-15(17)24-9-10-2-4-11(19)5-3-10/h2-6,8,16,21H,7,9H2,1H3. The number of hydrogen-bond donors (Lipinski definition) is 1. The van der Waals surface area contributed by atoms with E-state index in [4.69, 9.17) is 14.2 Å². The first-order valence-electron chi connectivity index (χ1n) is 7.48. The number of methoxy groups -OCH3 is 1. The van der Waals surface area contributed by atoms with Crippen LogP contribution in [-0.4, -0.2) is 30.8 Å². The number of carbonyl (C=O) groups excluding carboxylic acids is 2. The number of esters is 1. The number of aliphatic hydroxyl groups is 1. The molecule has 1 N–H and O–H groups in total. The van der Waals surface area contributed by atoms with Gasteiger partial charge in [-0.25, -0.2) is 4.79 Å². The van der Waals surface area contributed by atoms with Gasteiger partial charge >= 0.3 is 5.97 Å². The van der Waals surface area contributed by atoms with Crippen molar-refractivity contribution in [3.8, 4) is 11.5 Å². The third-order valence-corrected chi connectivity index (χ3v) is 4.39. The molecule has 0 saturated carbocycles. The first-order chi connectivity index (χ1) is 12.0. The molecule has 7 heteroatoms. The SMILES string of the molecule is COc1c(OCc2ccc(Br)cc2)cc2c(c1C=O)CC(O)OC2=O. The molecule has 1 heterocycles. The minimum Gasteiger partial charge on any atom is -0.492 e. The number of cyclic esters (lactones) is 1. The molecule has 130 valence electrons. The van der Waals surface area contributed by atoms with Crippen molar-refractivity contribution in [2.75, 3.05) is 7.11 Å². The van der Waals surface area contributed by atoms with E-state index in [-0.39, 0.29) is 35.7 Å². The van der Waals surface area contributed by atoms with Crippen LogP contribution >= 0.6 is 15.9 Å². The number of aliphatic hydroxyl groups excluding tert-OH is 1. The van der Waals surface area contributed by atoms with Gasteiger partial charge in [-0.2, -0.15) is 0 Å².